The maximum Gasteiger partial charge on any atom is 0.335 e. The summed E-state index contributed by atoms with van der Waals surface area (Å²) in [6.07, 6.45) is 1.82. The van der Waals surface area contributed by atoms with Gasteiger partial charge in [-0.25, -0.2) is 14.1 Å². The maximum absolute atomic E-state index is 14.0. The van der Waals surface area contributed by atoms with Gasteiger partial charge in [0.25, 0.3) is 11.8 Å². The molecule has 0 aliphatic carbocycles. The van der Waals surface area contributed by atoms with E-state index >= 15 is 0 Å². The highest BCUT2D eigenvalue weighted by atomic mass is 79.9. The van der Waals surface area contributed by atoms with E-state index < -0.39 is 17.8 Å². The topological polar surface area (TPSA) is 66.5 Å². The molecule has 4 amide bonds. The van der Waals surface area contributed by atoms with E-state index in [0.717, 1.165) is 16.0 Å². The van der Waals surface area contributed by atoms with Gasteiger partial charge in [0, 0.05) is 10.9 Å². The van der Waals surface area contributed by atoms with E-state index in [9.17, 15) is 18.8 Å². The van der Waals surface area contributed by atoms with E-state index in [0.29, 0.717) is 27.7 Å². The molecular formula is C25H18BrFN2O3. The van der Waals surface area contributed by atoms with E-state index in [2.05, 4.69) is 21.2 Å². The van der Waals surface area contributed by atoms with Crippen LogP contribution < -0.4 is 10.2 Å². The number of rotatable bonds is 4. The Morgan fingerprint density at radius 2 is 1.69 bits per heavy atom. The third-order valence-corrected chi connectivity index (χ3v) is 5.86. The van der Waals surface area contributed by atoms with E-state index in [1.54, 1.807) is 60.7 Å². The van der Waals surface area contributed by atoms with Crippen LogP contribution in [0, 0.1) is 12.7 Å². The number of imide groups is 2. The molecule has 1 N–H and O–H groups in total. The monoisotopic (exact) mass is 492 g/mol. The van der Waals surface area contributed by atoms with Crippen molar-refractivity contribution in [3.05, 3.63) is 105 Å². The van der Waals surface area contributed by atoms with E-state index in [1.165, 1.54) is 12.1 Å². The maximum atomic E-state index is 14.0. The number of nitrogens with zero attached hydrogens (tertiary/aromatic N) is 1. The first-order chi connectivity index (χ1) is 15.3. The molecule has 0 saturated carbocycles. The lowest BCUT2D eigenvalue weighted by Gasteiger charge is -2.26. The molecule has 160 valence electrons. The van der Waals surface area contributed by atoms with Crippen LogP contribution in [0.25, 0.3) is 6.08 Å². The number of amides is 4. The molecule has 1 aliphatic heterocycles. The molecule has 1 fully saturated rings. The Bertz CT molecular complexity index is 1270. The van der Waals surface area contributed by atoms with E-state index in [-0.39, 0.29) is 11.4 Å². The predicted octanol–water partition coefficient (Wildman–Crippen LogP) is 5.15. The summed E-state index contributed by atoms with van der Waals surface area (Å²) < 4.78 is 14.7. The Morgan fingerprint density at radius 3 is 2.38 bits per heavy atom. The van der Waals surface area contributed by atoms with Gasteiger partial charge in [-0.1, -0.05) is 64.0 Å². The Labute approximate surface area is 192 Å². The Hall–Kier alpha value is -3.58. The summed E-state index contributed by atoms with van der Waals surface area (Å²) in [7, 11) is 0. The van der Waals surface area contributed by atoms with Crippen molar-refractivity contribution in [3.8, 4) is 0 Å². The third kappa shape index (κ3) is 4.38. The Balaban J connectivity index is 1.63. The summed E-state index contributed by atoms with van der Waals surface area (Å²) in [5.41, 5.74) is 3.20. The average Bonchev–Trinajstić information content (AvgIpc) is 2.75. The van der Waals surface area contributed by atoms with Crippen molar-refractivity contribution in [1.82, 2.24) is 5.32 Å². The number of aryl methyl sites for hydroxylation is 1. The molecule has 1 heterocycles. The molecule has 0 radical (unpaired) electrons. The number of urea groups is 1. The van der Waals surface area contributed by atoms with Crippen LogP contribution in [0.4, 0.5) is 14.9 Å². The first kappa shape index (κ1) is 21.6. The molecule has 7 heteroatoms. The molecule has 0 atom stereocenters. The van der Waals surface area contributed by atoms with Gasteiger partial charge < -0.3 is 0 Å². The van der Waals surface area contributed by atoms with Crippen molar-refractivity contribution in [2.24, 2.45) is 0 Å². The van der Waals surface area contributed by atoms with Crippen LogP contribution in [0.15, 0.2) is 76.8 Å². The number of anilines is 1. The van der Waals surface area contributed by atoms with Crippen LogP contribution in [0.5, 0.6) is 0 Å². The molecule has 0 unspecified atom stereocenters. The second kappa shape index (κ2) is 8.88. The smallest absolute Gasteiger partial charge is 0.273 e. The largest absolute Gasteiger partial charge is 0.335 e. The number of carbonyl (C=O) groups is 3. The average molecular weight is 493 g/mol. The SMILES string of the molecule is Cc1ccc(N2C(=O)NC(=O)/C(=C\c3ccc(Cc4ccccc4F)c(Br)c3)C2=O)cc1. The van der Waals surface area contributed by atoms with Gasteiger partial charge >= 0.3 is 6.03 Å². The van der Waals surface area contributed by atoms with Crippen molar-refractivity contribution in [2.75, 3.05) is 4.90 Å². The second-order valence-corrected chi connectivity index (χ2v) is 8.27. The molecule has 5 nitrogen and oxygen atoms in total. The lowest BCUT2D eigenvalue weighted by Crippen LogP contribution is -2.54. The molecule has 3 aromatic carbocycles. The molecule has 0 spiro atoms. The fourth-order valence-electron chi connectivity index (χ4n) is 3.40. The first-order valence-corrected chi connectivity index (χ1v) is 10.6. The molecular weight excluding hydrogens is 475 g/mol. The molecule has 0 aromatic heterocycles. The van der Waals surface area contributed by atoms with Crippen LogP contribution in [0.3, 0.4) is 0 Å². The van der Waals surface area contributed by atoms with Gasteiger partial charge in [-0.05, 0) is 54.0 Å². The van der Waals surface area contributed by atoms with Gasteiger partial charge in [0.1, 0.15) is 11.4 Å². The number of barbiturate groups is 1. The quantitative estimate of drug-likeness (QED) is 0.404. The van der Waals surface area contributed by atoms with Gasteiger partial charge in [-0.15, -0.1) is 0 Å². The zero-order chi connectivity index (χ0) is 22.8. The Kier molecular flexibility index (Phi) is 6.01. The van der Waals surface area contributed by atoms with E-state index in [1.807, 2.05) is 6.92 Å². The van der Waals surface area contributed by atoms with Crippen molar-refractivity contribution in [3.63, 3.8) is 0 Å². The highest BCUT2D eigenvalue weighted by Crippen LogP contribution is 2.26. The van der Waals surface area contributed by atoms with Gasteiger partial charge in [-0.2, -0.15) is 0 Å². The van der Waals surface area contributed by atoms with Gasteiger partial charge in [-0.3, -0.25) is 14.9 Å². The minimum absolute atomic E-state index is 0.154. The van der Waals surface area contributed by atoms with Gasteiger partial charge in [0.2, 0.25) is 0 Å². The molecule has 1 aliphatic rings. The summed E-state index contributed by atoms with van der Waals surface area (Å²) >= 11 is 3.49. The highest BCUT2D eigenvalue weighted by molar-refractivity contribution is 9.10. The van der Waals surface area contributed by atoms with Crippen molar-refractivity contribution in [1.29, 1.82) is 0 Å². The predicted molar refractivity (Wildman–Crippen MR) is 124 cm³/mol. The lowest BCUT2D eigenvalue weighted by atomic mass is 10.0. The van der Waals surface area contributed by atoms with Gasteiger partial charge in [0.05, 0.1) is 5.69 Å². The standard InChI is InChI=1S/C25H18BrFN2O3/c1-15-6-10-19(11-7-15)29-24(31)20(23(30)28-25(29)32)12-16-8-9-17(21(26)13-16)14-18-4-2-3-5-22(18)27/h2-13H,14H2,1H3,(H,28,30,32)/b20-12+. The first-order valence-electron chi connectivity index (χ1n) is 9.83. The van der Waals surface area contributed by atoms with Crippen molar-refractivity contribution >= 4 is 45.5 Å². The molecule has 0 bridgehead atoms. The number of hydrogen-bond donors (Lipinski definition) is 1. The van der Waals surface area contributed by atoms with Gasteiger partial charge in [0.15, 0.2) is 0 Å². The summed E-state index contributed by atoms with van der Waals surface area (Å²) in [6, 6.07) is 17.9. The van der Waals surface area contributed by atoms with Crippen molar-refractivity contribution in [2.45, 2.75) is 13.3 Å². The van der Waals surface area contributed by atoms with E-state index in [4.69, 9.17) is 0 Å². The Morgan fingerprint density at radius 1 is 0.969 bits per heavy atom. The second-order valence-electron chi connectivity index (χ2n) is 7.41. The molecule has 4 rings (SSSR count). The number of halogens is 2. The molecule has 1 saturated heterocycles. The zero-order valence-electron chi connectivity index (χ0n) is 17.1. The fraction of sp³-hybridized carbons (Fsp3) is 0.0800. The van der Waals surface area contributed by atoms with Crippen LogP contribution in [-0.2, 0) is 16.0 Å². The summed E-state index contributed by atoms with van der Waals surface area (Å²) in [5, 5.41) is 2.21. The molecule has 32 heavy (non-hydrogen) atoms. The normalized spacial score (nSPS) is 15.3. The van der Waals surface area contributed by atoms with Crippen molar-refractivity contribution < 1.29 is 18.8 Å². The summed E-state index contributed by atoms with van der Waals surface area (Å²) in [6.45, 7) is 1.89. The fourth-order valence-corrected chi connectivity index (χ4v) is 3.93. The number of hydrogen-bond acceptors (Lipinski definition) is 3. The zero-order valence-corrected chi connectivity index (χ0v) is 18.6. The number of benzene rings is 3. The number of nitrogens with one attached hydrogen (secondary N) is 1. The summed E-state index contributed by atoms with van der Waals surface area (Å²) in [5.74, 6) is -1.74. The summed E-state index contributed by atoms with van der Waals surface area (Å²) in [4.78, 5) is 38.6. The van der Waals surface area contributed by atoms with Crippen LogP contribution in [0.1, 0.15) is 22.3 Å². The minimum atomic E-state index is -0.789. The number of carbonyl (C=O) groups excluding carboxylic acids is 3. The highest BCUT2D eigenvalue weighted by Gasteiger charge is 2.36. The third-order valence-electron chi connectivity index (χ3n) is 5.12. The van der Waals surface area contributed by atoms with Crippen LogP contribution >= 0.6 is 15.9 Å². The lowest BCUT2D eigenvalue weighted by molar-refractivity contribution is -0.122. The minimum Gasteiger partial charge on any atom is -0.273 e. The van der Waals surface area contributed by atoms with Crippen LogP contribution in [-0.4, -0.2) is 17.8 Å². The van der Waals surface area contributed by atoms with Crippen LogP contribution in [0.2, 0.25) is 0 Å². The molecule has 3 aromatic rings.